The van der Waals surface area contributed by atoms with Crippen molar-refractivity contribution in [2.24, 2.45) is 0 Å². The summed E-state index contributed by atoms with van der Waals surface area (Å²) in [7, 11) is 0.0119. The molecule has 10 heteroatoms. The van der Waals surface area contributed by atoms with Crippen molar-refractivity contribution in [3.63, 3.8) is 0 Å². The molecule has 3 rings (SSSR count). The quantitative estimate of drug-likeness (QED) is 0.646. The number of piperazine rings is 1. The maximum Gasteiger partial charge on any atom is 0.244 e. The first-order chi connectivity index (χ1) is 14.3. The van der Waals surface area contributed by atoms with E-state index in [1.165, 1.54) is 22.3 Å². The summed E-state index contributed by atoms with van der Waals surface area (Å²) in [5.41, 5.74) is 0.676. The zero-order valence-electron chi connectivity index (χ0n) is 17.2. The Morgan fingerprint density at radius 1 is 1.13 bits per heavy atom. The number of ether oxygens (including phenoxy) is 1. The number of sulfonamides is 1. The minimum Gasteiger partial charge on any atom is -0.497 e. The van der Waals surface area contributed by atoms with Gasteiger partial charge < -0.3 is 15.0 Å². The monoisotopic (exact) mass is 450 g/mol. The lowest BCUT2D eigenvalue weighted by molar-refractivity contribution is -0.115. The molecule has 1 aromatic carbocycles. The van der Waals surface area contributed by atoms with Gasteiger partial charge in [0.05, 0.1) is 17.4 Å². The van der Waals surface area contributed by atoms with Gasteiger partial charge in [0.2, 0.25) is 15.9 Å². The first-order valence-electron chi connectivity index (χ1n) is 9.56. The smallest absolute Gasteiger partial charge is 0.244 e. The number of pyridine rings is 1. The Kier molecular flexibility index (Phi) is 7.35. The highest BCUT2D eigenvalue weighted by Crippen LogP contribution is 2.25. The van der Waals surface area contributed by atoms with Crippen LogP contribution in [0.25, 0.3) is 0 Å². The molecule has 1 N–H and O–H groups in total. The molecule has 0 spiro atoms. The Hall–Kier alpha value is -2.14. The highest BCUT2D eigenvalue weighted by molar-refractivity contribution is 8.00. The fourth-order valence-electron chi connectivity index (χ4n) is 2.92. The number of amides is 1. The maximum atomic E-state index is 12.8. The van der Waals surface area contributed by atoms with Gasteiger partial charge in [0.1, 0.15) is 10.6 Å². The highest BCUT2D eigenvalue weighted by atomic mass is 32.2. The molecule has 0 aliphatic carbocycles. The third kappa shape index (κ3) is 5.51. The van der Waals surface area contributed by atoms with Crippen molar-refractivity contribution in [1.29, 1.82) is 0 Å². The second-order valence-electron chi connectivity index (χ2n) is 7.02. The zero-order valence-corrected chi connectivity index (χ0v) is 18.9. The normalized spacial score (nSPS) is 16.8. The second kappa shape index (κ2) is 9.78. The van der Waals surface area contributed by atoms with Crippen LogP contribution in [0, 0.1) is 0 Å². The van der Waals surface area contributed by atoms with E-state index in [2.05, 4.69) is 15.2 Å². The zero-order chi connectivity index (χ0) is 21.7. The van der Waals surface area contributed by atoms with Crippen LogP contribution >= 0.6 is 11.8 Å². The topological polar surface area (TPSA) is 91.8 Å². The second-order valence-corrected chi connectivity index (χ2v) is 10.3. The van der Waals surface area contributed by atoms with Crippen molar-refractivity contribution in [3.8, 4) is 5.75 Å². The number of nitrogens with zero attached hydrogens (tertiary/aromatic N) is 3. The van der Waals surface area contributed by atoms with Gasteiger partial charge in [0.15, 0.2) is 0 Å². The van der Waals surface area contributed by atoms with Gasteiger partial charge in [0, 0.05) is 38.1 Å². The number of carbonyl (C=O) groups is 1. The molecule has 1 aliphatic rings. The first kappa shape index (κ1) is 22.5. The van der Waals surface area contributed by atoms with Crippen LogP contribution in [0.15, 0.2) is 52.5 Å². The molecule has 0 bridgehead atoms. The molecule has 1 amide bonds. The van der Waals surface area contributed by atoms with E-state index >= 15 is 0 Å². The van der Waals surface area contributed by atoms with Crippen molar-refractivity contribution in [3.05, 3.63) is 42.6 Å². The van der Waals surface area contributed by atoms with E-state index in [-0.39, 0.29) is 10.8 Å². The highest BCUT2D eigenvalue weighted by Gasteiger charge is 2.27. The molecule has 1 atom stereocenters. The third-order valence-electron chi connectivity index (χ3n) is 4.83. The standard InChI is InChI=1S/C20H26N4O4S2/c1-15(20(25)22-16-4-6-17(28-3)7-5-16)29-19-9-8-18(14-21-19)30(26,27)24-12-10-23(2)11-13-24/h4-9,14-15H,10-13H2,1-3H3,(H,22,25). The molecular formula is C20H26N4O4S2. The van der Waals surface area contributed by atoms with E-state index < -0.39 is 15.3 Å². The van der Waals surface area contributed by atoms with Gasteiger partial charge in [-0.1, -0.05) is 11.8 Å². The molecule has 2 heterocycles. The third-order valence-corrected chi connectivity index (χ3v) is 7.77. The number of carbonyl (C=O) groups excluding carboxylic acids is 1. The fourth-order valence-corrected chi connectivity index (χ4v) is 5.08. The Morgan fingerprint density at radius 3 is 2.37 bits per heavy atom. The average Bonchev–Trinajstić information content (AvgIpc) is 2.75. The van der Waals surface area contributed by atoms with Gasteiger partial charge in [-0.2, -0.15) is 4.31 Å². The lowest BCUT2D eigenvalue weighted by atomic mass is 10.3. The molecule has 0 saturated carbocycles. The number of aromatic nitrogens is 1. The van der Waals surface area contributed by atoms with Crippen LogP contribution in [0.1, 0.15) is 6.92 Å². The van der Waals surface area contributed by atoms with Crippen LogP contribution in [0.3, 0.4) is 0 Å². The van der Waals surface area contributed by atoms with Gasteiger partial charge >= 0.3 is 0 Å². The number of rotatable bonds is 7. The van der Waals surface area contributed by atoms with E-state index in [0.29, 0.717) is 42.6 Å². The number of hydrogen-bond acceptors (Lipinski definition) is 7. The van der Waals surface area contributed by atoms with Crippen LogP contribution in [-0.4, -0.2) is 74.1 Å². The lowest BCUT2D eigenvalue weighted by Gasteiger charge is -2.31. The number of likely N-dealkylation sites (N-methyl/N-ethyl adjacent to an activating group) is 1. The minimum atomic E-state index is -3.55. The van der Waals surface area contributed by atoms with Crippen LogP contribution in [0.2, 0.25) is 0 Å². The molecule has 30 heavy (non-hydrogen) atoms. The summed E-state index contributed by atoms with van der Waals surface area (Å²) in [6, 6.07) is 10.3. The van der Waals surface area contributed by atoms with Crippen LogP contribution in [-0.2, 0) is 14.8 Å². The lowest BCUT2D eigenvalue weighted by Crippen LogP contribution is -2.47. The number of benzene rings is 1. The Labute approximate surface area is 181 Å². The summed E-state index contributed by atoms with van der Waals surface area (Å²) in [5.74, 6) is 0.548. The molecule has 2 aromatic rings. The van der Waals surface area contributed by atoms with Crippen molar-refractivity contribution < 1.29 is 17.9 Å². The van der Waals surface area contributed by atoms with Gasteiger partial charge in [-0.3, -0.25) is 4.79 Å². The van der Waals surface area contributed by atoms with E-state index in [9.17, 15) is 13.2 Å². The summed E-state index contributed by atoms with van der Waals surface area (Å²) in [5, 5.41) is 3.03. The first-order valence-corrected chi connectivity index (χ1v) is 11.9. The number of nitrogens with one attached hydrogen (secondary N) is 1. The van der Waals surface area contributed by atoms with Crippen molar-refractivity contribution in [2.75, 3.05) is 45.7 Å². The van der Waals surface area contributed by atoms with Gasteiger partial charge in [-0.25, -0.2) is 13.4 Å². The SMILES string of the molecule is COc1ccc(NC(=O)C(C)Sc2ccc(S(=O)(=O)N3CCN(C)CC3)cn2)cc1. The van der Waals surface area contributed by atoms with Gasteiger partial charge in [-0.15, -0.1) is 0 Å². The van der Waals surface area contributed by atoms with Crippen LogP contribution < -0.4 is 10.1 Å². The minimum absolute atomic E-state index is 0.166. The Balaban J connectivity index is 1.59. The molecule has 1 aromatic heterocycles. The molecule has 1 unspecified atom stereocenters. The molecule has 162 valence electrons. The maximum absolute atomic E-state index is 12.8. The number of thioether (sulfide) groups is 1. The van der Waals surface area contributed by atoms with E-state index in [4.69, 9.17) is 4.74 Å². The summed E-state index contributed by atoms with van der Waals surface area (Å²) >= 11 is 1.27. The van der Waals surface area contributed by atoms with E-state index in [1.807, 2.05) is 7.05 Å². The molecular weight excluding hydrogens is 424 g/mol. The molecule has 1 aliphatic heterocycles. The Bertz CT molecular complexity index is 957. The Morgan fingerprint density at radius 2 is 1.80 bits per heavy atom. The van der Waals surface area contributed by atoms with Gasteiger partial charge in [0.25, 0.3) is 0 Å². The number of hydrogen-bond donors (Lipinski definition) is 1. The summed E-state index contributed by atoms with van der Waals surface area (Å²) in [6.07, 6.45) is 1.37. The number of anilines is 1. The molecule has 8 nitrogen and oxygen atoms in total. The summed E-state index contributed by atoms with van der Waals surface area (Å²) in [6.45, 7) is 4.14. The van der Waals surface area contributed by atoms with Gasteiger partial charge in [-0.05, 0) is 50.4 Å². The van der Waals surface area contributed by atoms with Crippen molar-refractivity contribution in [1.82, 2.24) is 14.2 Å². The van der Waals surface area contributed by atoms with E-state index in [0.717, 1.165) is 0 Å². The summed E-state index contributed by atoms with van der Waals surface area (Å²) in [4.78, 5) is 19.0. The molecule has 0 radical (unpaired) electrons. The molecule has 1 fully saturated rings. The fraction of sp³-hybridized carbons (Fsp3) is 0.400. The van der Waals surface area contributed by atoms with Crippen LogP contribution in [0.4, 0.5) is 5.69 Å². The molecule has 1 saturated heterocycles. The van der Waals surface area contributed by atoms with Crippen molar-refractivity contribution in [2.45, 2.75) is 22.1 Å². The van der Waals surface area contributed by atoms with Crippen LogP contribution in [0.5, 0.6) is 5.75 Å². The predicted octanol–water partition coefficient (Wildman–Crippen LogP) is 2.15. The predicted molar refractivity (Wildman–Crippen MR) is 117 cm³/mol. The largest absolute Gasteiger partial charge is 0.497 e. The average molecular weight is 451 g/mol. The summed E-state index contributed by atoms with van der Waals surface area (Å²) < 4.78 is 32.1. The van der Waals surface area contributed by atoms with E-state index in [1.54, 1.807) is 50.4 Å². The number of methoxy groups -OCH3 is 1. The van der Waals surface area contributed by atoms with Crippen molar-refractivity contribution >= 4 is 33.4 Å².